The van der Waals surface area contributed by atoms with Gasteiger partial charge in [0.05, 0.1) is 6.04 Å². The molecule has 3 rings (SSSR count). The fourth-order valence-corrected chi connectivity index (χ4v) is 4.22. The Morgan fingerprint density at radius 1 is 1.26 bits per heavy atom. The first-order valence-corrected chi connectivity index (χ1v) is 8.62. The molecule has 1 aromatic heterocycles. The number of rotatable bonds is 3. The third-order valence-corrected chi connectivity index (χ3v) is 5.21. The lowest BCUT2D eigenvalue weighted by Crippen LogP contribution is -2.30. The molecule has 2 aliphatic rings. The smallest absolute Gasteiger partial charge is 0.105 e. The number of hydrogen-bond acceptors (Lipinski definition) is 3. The minimum atomic E-state index is 0.446. The minimum absolute atomic E-state index is 0.446. The van der Waals surface area contributed by atoms with Gasteiger partial charge in [0.2, 0.25) is 0 Å². The van der Waals surface area contributed by atoms with Crippen molar-refractivity contribution >= 4 is 17.2 Å². The molecule has 0 radical (unpaired) electrons. The van der Waals surface area contributed by atoms with Crippen molar-refractivity contribution in [1.29, 1.82) is 0 Å². The lowest BCUT2D eigenvalue weighted by molar-refractivity contribution is 0.430. The van der Waals surface area contributed by atoms with Crippen LogP contribution in [0, 0.1) is 5.92 Å². The molecule has 0 spiro atoms. The van der Waals surface area contributed by atoms with Crippen molar-refractivity contribution in [2.75, 3.05) is 6.54 Å². The largest absolute Gasteiger partial charge is 0.371 e. The standard InChI is InChI=1S/C16H24N2S/c1-12-10-17-16(18-12)15(14-8-9-19-11-14)13-6-4-2-3-5-7-13/h8-9,11-13,15H,2-7,10H2,1H3,(H,17,18). The molecule has 3 heteroatoms. The summed E-state index contributed by atoms with van der Waals surface area (Å²) < 4.78 is 0. The number of nitrogens with zero attached hydrogens (tertiary/aromatic N) is 1. The molecule has 2 atom stereocenters. The third-order valence-electron chi connectivity index (χ3n) is 4.51. The van der Waals surface area contributed by atoms with Crippen LogP contribution < -0.4 is 5.32 Å². The predicted octanol–water partition coefficient (Wildman–Crippen LogP) is 4.19. The van der Waals surface area contributed by atoms with Gasteiger partial charge in [0.1, 0.15) is 5.84 Å². The van der Waals surface area contributed by atoms with Crippen LogP contribution in [-0.4, -0.2) is 18.4 Å². The van der Waals surface area contributed by atoms with Gasteiger partial charge in [-0.25, -0.2) is 0 Å². The highest BCUT2D eigenvalue weighted by Gasteiger charge is 2.31. The molecule has 2 unspecified atom stereocenters. The van der Waals surface area contributed by atoms with Crippen molar-refractivity contribution in [3.63, 3.8) is 0 Å². The molecular weight excluding hydrogens is 252 g/mol. The Hall–Kier alpha value is -0.830. The van der Waals surface area contributed by atoms with E-state index in [-0.39, 0.29) is 0 Å². The molecule has 104 valence electrons. The molecule has 1 aliphatic heterocycles. The average molecular weight is 276 g/mol. The van der Waals surface area contributed by atoms with Crippen LogP contribution in [0.15, 0.2) is 21.8 Å². The van der Waals surface area contributed by atoms with E-state index < -0.39 is 0 Å². The Balaban J connectivity index is 1.85. The van der Waals surface area contributed by atoms with Crippen molar-refractivity contribution in [3.05, 3.63) is 22.4 Å². The Morgan fingerprint density at radius 3 is 2.63 bits per heavy atom. The second-order valence-corrected chi connectivity index (χ2v) is 6.81. The van der Waals surface area contributed by atoms with Crippen molar-refractivity contribution < 1.29 is 0 Å². The monoisotopic (exact) mass is 276 g/mol. The van der Waals surface area contributed by atoms with Crippen LogP contribution in [0.5, 0.6) is 0 Å². The van der Waals surface area contributed by atoms with Gasteiger partial charge in [0, 0.05) is 12.5 Å². The van der Waals surface area contributed by atoms with E-state index in [1.54, 1.807) is 0 Å². The molecule has 0 aromatic carbocycles. The van der Waals surface area contributed by atoms with Crippen LogP contribution in [0.4, 0.5) is 0 Å². The first kappa shape index (κ1) is 13.2. The van der Waals surface area contributed by atoms with Crippen LogP contribution >= 0.6 is 11.3 Å². The topological polar surface area (TPSA) is 24.4 Å². The Labute approximate surface area is 120 Å². The van der Waals surface area contributed by atoms with E-state index in [2.05, 4.69) is 29.1 Å². The van der Waals surface area contributed by atoms with E-state index in [1.807, 2.05) is 11.3 Å². The van der Waals surface area contributed by atoms with Crippen molar-refractivity contribution in [3.8, 4) is 0 Å². The highest BCUT2D eigenvalue weighted by atomic mass is 32.1. The van der Waals surface area contributed by atoms with Gasteiger partial charge in [-0.2, -0.15) is 11.3 Å². The number of nitrogens with one attached hydrogen (secondary N) is 1. The summed E-state index contributed by atoms with van der Waals surface area (Å²) in [5.74, 6) is 2.57. The van der Waals surface area contributed by atoms with Crippen LogP contribution in [-0.2, 0) is 0 Å². The lowest BCUT2D eigenvalue weighted by Gasteiger charge is -2.26. The summed E-state index contributed by atoms with van der Waals surface area (Å²) >= 11 is 1.81. The SMILES string of the molecule is CC1CNC(C(c2ccsc2)C2CCCCCC2)=N1. The quantitative estimate of drug-likeness (QED) is 0.822. The predicted molar refractivity (Wildman–Crippen MR) is 83.2 cm³/mol. The Bertz CT molecular complexity index is 416. The van der Waals surface area contributed by atoms with E-state index >= 15 is 0 Å². The summed E-state index contributed by atoms with van der Waals surface area (Å²) in [5, 5.41) is 8.10. The Morgan fingerprint density at radius 2 is 2.05 bits per heavy atom. The molecule has 1 N–H and O–H groups in total. The zero-order chi connectivity index (χ0) is 13.1. The maximum Gasteiger partial charge on any atom is 0.105 e. The molecule has 1 fully saturated rings. The fourth-order valence-electron chi connectivity index (χ4n) is 3.52. The van der Waals surface area contributed by atoms with Gasteiger partial charge in [-0.15, -0.1) is 0 Å². The molecule has 1 aromatic rings. The molecular formula is C16H24N2S. The minimum Gasteiger partial charge on any atom is -0.371 e. The van der Waals surface area contributed by atoms with Crippen LogP contribution in [0.3, 0.4) is 0 Å². The molecule has 19 heavy (non-hydrogen) atoms. The summed E-state index contributed by atoms with van der Waals surface area (Å²) in [5.41, 5.74) is 1.48. The highest BCUT2D eigenvalue weighted by Crippen LogP contribution is 2.37. The van der Waals surface area contributed by atoms with Crippen molar-refractivity contribution in [2.45, 2.75) is 57.4 Å². The molecule has 0 amide bonds. The molecule has 1 aliphatic carbocycles. The van der Waals surface area contributed by atoms with Crippen LogP contribution in [0.25, 0.3) is 0 Å². The number of hydrogen-bond donors (Lipinski definition) is 1. The normalized spacial score (nSPS) is 26.6. The van der Waals surface area contributed by atoms with Gasteiger partial charge in [-0.05, 0) is 48.1 Å². The van der Waals surface area contributed by atoms with Crippen molar-refractivity contribution in [1.82, 2.24) is 5.32 Å². The van der Waals surface area contributed by atoms with E-state index in [4.69, 9.17) is 4.99 Å². The van der Waals surface area contributed by atoms with Gasteiger partial charge in [0.15, 0.2) is 0 Å². The highest BCUT2D eigenvalue weighted by molar-refractivity contribution is 7.08. The van der Waals surface area contributed by atoms with Gasteiger partial charge >= 0.3 is 0 Å². The zero-order valence-corrected chi connectivity index (χ0v) is 12.6. The van der Waals surface area contributed by atoms with E-state index in [0.717, 1.165) is 12.5 Å². The fraction of sp³-hybridized carbons (Fsp3) is 0.688. The van der Waals surface area contributed by atoms with Crippen LogP contribution in [0.2, 0.25) is 0 Å². The summed E-state index contributed by atoms with van der Waals surface area (Å²) in [6, 6.07) is 2.75. The zero-order valence-electron chi connectivity index (χ0n) is 11.8. The maximum absolute atomic E-state index is 4.86. The number of amidine groups is 1. The van der Waals surface area contributed by atoms with Gasteiger partial charge in [-0.1, -0.05) is 25.7 Å². The molecule has 0 saturated heterocycles. The van der Waals surface area contributed by atoms with E-state index in [0.29, 0.717) is 12.0 Å². The second-order valence-electron chi connectivity index (χ2n) is 6.03. The van der Waals surface area contributed by atoms with Crippen LogP contribution in [0.1, 0.15) is 56.9 Å². The summed E-state index contributed by atoms with van der Waals surface area (Å²) in [6.45, 7) is 3.22. The first-order chi connectivity index (χ1) is 9.34. The van der Waals surface area contributed by atoms with E-state index in [1.165, 1.54) is 49.9 Å². The number of thiophene rings is 1. The lowest BCUT2D eigenvalue weighted by atomic mass is 9.81. The summed E-state index contributed by atoms with van der Waals surface area (Å²) in [6.07, 6.45) is 8.37. The van der Waals surface area contributed by atoms with Gasteiger partial charge in [-0.3, -0.25) is 4.99 Å². The molecule has 2 heterocycles. The van der Waals surface area contributed by atoms with E-state index in [9.17, 15) is 0 Å². The van der Waals surface area contributed by atoms with Gasteiger partial charge in [0.25, 0.3) is 0 Å². The summed E-state index contributed by atoms with van der Waals surface area (Å²) in [7, 11) is 0. The number of aliphatic imine (C=N–C) groups is 1. The molecule has 1 saturated carbocycles. The molecule has 2 nitrogen and oxygen atoms in total. The van der Waals surface area contributed by atoms with Gasteiger partial charge < -0.3 is 5.32 Å². The molecule has 0 bridgehead atoms. The third kappa shape index (κ3) is 3.02. The Kier molecular flexibility index (Phi) is 4.21. The summed E-state index contributed by atoms with van der Waals surface area (Å²) in [4.78, 5) is 4.86. The average Bonchev–Trinajstić information content (AvgIpc) is 2.98. The second kappa shape index (κ2) is 6.08. The maximum atomic E-state index is 4.86. The first-order valence-electron chi connectivity index (χ1n) is 7.68. The van der Waals surface area contributed by atoms with Crippen molar-refractivity contribution in [2.24, 2.45) is 10.9 Å².